The summed E-state index contributed by atoms with van der Waals surface area (Å²) in [5, 5.41) is 0. The van der Waals surface area contributed by atoms with Gasteiger partial charge in [0.05, 0.1) is 0 Å². The molecule has 0 unspecified atom stereocenters. The molecule has 0 N–H and O–H groups in total. The SMILES string of the molecule is CC=C1CCC(C(C)C)CC1. The average Bonchev–Trinajstić information content (AvgIpc) is 2.05. The molecule has 0 aromatic heterocycles. The van der Waals surface area contributed by atoms with Crippen LogP contribution in [0.5, 0.6) is 0 Å². The Bertz CT molecular complexity index is 132. The van der Waals surface area contributed by atoms with Crippen molar-refractivity contribution < 1.29 is 0 Å². The smallest absolute Gasteiger partial charge is 0.0318 e. The molecule has 1 saturated carbocycles. The van der Waals surface area contributed by atoms with Gasteiger partial charge in [0.2, 0.25) is 0 Å². The van der Waals surface area contributed by atoms with Crippen LogP contribution in [-0.2, 0) is 0 Å². The molecule has 64 valence electrons. The van der Waals surface area contributed by atoms with E-state index in [1.807, 2.05) is 0 Å². The highest BCUT2D eigenvalue weighted by Crippen LogP contribution is 2.32. The molecule has 1 aliphatic carbocycles. The summed E-state index contributed by atoms with van der Waals surface area (Å²) in [6, 6.07) is 0. The topological polar surface area (TPSA) is 0 Å². The van der Waals surface area contributed by atoms with E-state index in [1.165, 1.54) is 25.7 Å². The number of rotatable bonds is 1. The molecule has 0 heterocycles. The lowest BCUT2D eigenvalue weighted by molar-refractivity contribution is 0.311. The van der Waals surface area contributed by atoms with E-state index in [1.54, 1.807) is 5.57 Å². The van der Waals surface area contributed by atoms with Gasteiger partial charge in [-0.2, -0.15) is 0 Å². The summed E-state index contributed by atoms with van der Waals surface area (Å²) >= 11 is 0. The van der Waals surface area contributed by atoms with Gasteiger partial charge in [-0.3, -0.25) is 0 Å². The normalized spacial score (nSPS) is 25.8. The molecule has 1 fully saturated rings. The van der Waals surface area contributed by atoms with Crippen LogP contribution in [0.25, 0.3) is 0 Å². The minimum absolute atomic E-state index is 0.897. The Morgan fingerprint density at radius 1 is 1.27 bits per heavy atom. The highest BCUT2D eigenvalue weighted by Gasteiger charge is 2.18. The third kappa shape index (κ3) is 2.36. The Morgan fingerprint density at radius 3 is 2.18 bits per heavy atom. The molecule has 0 heteroatoms. The van der Waals surface area contributed by atoms with E-state index in [0.717, 1.165) is 11.8 Å². The van der Waals surface area contributed by atoms with Crippen LogP contribution in [-0.4, -0.2) is 0 Å². The van der Waals surface area contributed by atoms with Gasteiger partial charge in [-0.05, 0) is 44.4 Å². The van der Waals surface area contributed by atoms with Crippen molar-refractivity contribution in [1.29, 1.82) is 0 Å². The first-order chi connectivity index (χ1) is 5.24. The lowest BCUT2D eigenvalue weighted by atomic mass is 9.79. The molecule has 0 saturated heterocycles. The second-order valence-corrected chi connectivity index (χ2v) is 4.03. The minimum atomic E-state index is 0.897. The maximum atomic E-state index is 2.35. The van der Waals surface area contributed by atoms with Crippen molar-refractivity contribution in [1.82, 2.24) is 0 Å². The van der Waals surface area contributed by atoms with Crippen LogP contribution in [0.4, 0.5) is 0 Å². The van der Waals surface area contributed by atoms with Crippen LogP contribution in [0.2, 0.25) is 0 Å². The maximum absolute atomic E-state index is 2.35. The minimum Gasteiger partial charge on any atom is -0.0885 e. The van der Waals surface area contributed by atoms with Crippen molar-refractivity contribution in [3.63, 3.8) is 0 Å². The molecule has 0 bridgehead atoms. The van der Waals surface area contributed by atoms with Gasteiger partial charge < -0.3 is 0 Å². The molecule has 0 radical (unpaired) electrons. The molecular formula is C11H20. The maximum Gasteiger partial charge on any atom is -0.0318 e. The quantitative estimate of drug-likeness (QED) is 0.502. The van der Waals surface area contributed by atoms with Crippen molar-refractivity contribution >= 4 is 0 Å². The fraction of sp³-hybridized carbons (Fsp3) is 0.818. The van der Waals surface area contributed by atoms with Gasteiger partial charge >= 0.3 is 0 Å². The highest BCUT2D eigenvalue weighted by molar-refractivity contribution is 5.03. The van der Waals surface area contributed by atoms with Crippen molar-refractivity contribution in [3.8, 4) is 0 Å². The number of hydrogen-bond acceptors (Lipinski definition) is 0. The van der Waals surface area contributed by atoms with Crippen LogP contribution in [0.3, 0.4) is 0 Å². The van der Waals surface area contributed by atoms with Gasteiger partial charge in [-0.1, -0.05) is 25.5 Å². The molecule has 0 aliphatic heterocycles. The van der Waals surface area contributed by atoms with E-state index in [4.69, 9.17) is 0 Å². The van der Waals surface area contributed by atoms with Crippen molar-refractivity contribution in [2.24, 2.45) is 11.8 Å². The molecule has 0 nitrogen and oxygen atoms in total. The van der Waals surface area contributed by atoms with Crippen molar-refractivity contribution in [2.45, 2.75) is 46.5 Å². The molecule has 0 amide bonds. The molecule has 0 atom stereocenters. The van der Waals surface area contributed by atoms with E-state index < -0.39 is 0 Å². The first-order valence-corrected chi connectivity index (χ1v) is 4.88. The molecule has 0 spiro atoms. The first kappa shape index (κ1) is 8.83. The summed E-state index contributed by atoms with van der Waals surface area (Å²) in [4.78, 5) is 0. The van der Waals surface area contributed by atoms with Gasteiger partial charge in [0, 0.05) is 0 Å². The second kappa shape index (κ2) is 3.94. The van der Waals surface area contributed by atoms with Crippen LogP contribution < -0.4 is 0 Å². The summed E-state index contributed by atoms with van der Waals surface area (Å²) in [5.41, 5.74) is 1.68. The summed E-state index contributed by atoms with van der Waals surface area (Å²) in [5.74, 6) is 1.90. The summed E-state index contributed by atoms with van der Waals surface area (Å²) in [6.45, 7) is 6.88. The van der Waals surface area contributed by atoms with E-state index in [9.17, 15) is 0 Å². The Kier molecular flexibility index (Phi) is 3.16. The predicted octanol–water partition coefficient (Wildman–Crippen LogP) is 3.78. The largest absolute Gasteiger partial charge is 0.0885 e. The summed E-state index contributed by atoms with van der Waals surface area (Å²) in [7, 11) is 0. The monoisotopic (exact) mass is 152 g/mol. The number of hydrogen-bond donors (Lipinski definition) is 0. The third-order valence-electron chi connectivity index (χ3n) is 3.02. The Morgan fingerprint density at radius 2 is 1.82 bits per heavy atom. The predicted molar refractivity (Wildman–Crippen MR) is 50.6 cm³/mol. The zero-order chi connectivity index (χ0) is 8.27. The Hall–Kier alpha value is -0.260. The van der Waals surface area contributed by atoms with Crippen LogP contribution in [0, 0.1) is 11.8 Å². The fourth-order valence-corrected chi connectivity index (χ4v) is 1.97. The summed E-state index contributed by atoms with van der Waals surface area (Å²) in [6.07, 6.45) is 7.88. The van der Waals surface area contributed by atoms with E-state index in [-0.39, 0.29) is 0 Å². The molecular weight excluding hydrogens is 132 g/mol. The van der Waals surface area contributed by atoms with Crippen LogP contribution in [0.15, 0.2) is 11.6 Å². The Balaban J connectivity index is 2.36. The number of allylic oxidation sites excluding steroid dienone is 2. The van der Waals surface area contributed by atoms with E-state index in [2.05, 4.69) is 26.8 Å². The van der Waals surface area contributed by atoms with Gasteiger partial charge in [0.25, 0.3) is 0 Å². The van der Waals surface area contributed by atoms with Gasteiger partial charge in [-0.25, -0.2) is 0 Å². The van der Waals surface area contributed by atoms with Crippen LogP contribution >= 0.6 is 0 Å². The first-order valence-electron chi connectivity index (χ1n) is 4.88. The zero-order valence-electron chi connectivity index (χ0n) is 8.06. The molecule has 0 aromatic carbocycles. The zero-order valence-corrected chi connectivity index (χ0v) is 8.06. The molecule has 1 rings (SSSR count). The van der Waals surface area contributed by atoms with Crippen molar-refractivity contribution in [3.05, 3.63) is 11.6 Å². The van der Waals surface area contributed by atoms with Crippen LogP contribution in [0.1, 0.15) is 46.5 Å². The summed E-state index contributed by atoms with van der Waals surface area (Å²) < 4.78 is 0. The third-order valence-corrected chi connectivity index (χ3v) is 3.02. The van der Waals surface area contributed by atoms with Gasteiger partial charge in [-0.15, -0.1) is 0 Å². The highest BCUT2D eigenvalue weighted by atomic mass is 14.2. The Labute approximate surface area is 70.7 Å². The lowest BCUT2D eigenvalue weighted by Gasteiger charge is -2.26. The van der Waals surface area contributed by atoms with E-state index >= 15 is 0 Å². The van der Waals surface area contributed by atoms with Gasteiger partial charge in [0.15, 0.2) is 0 Å². The fourth-order valence-electron chi connectivity index (χ4n) is 1.97. The second-order valence-electron chi connectivity index (χ2n) is 4.03. The van der Waals surface area contributed by atoms with E-state index in [0.29, 0.717) is 0 Å². The molecule has 1 aliphatic rings. The molecule has 0 aromatic rings. The standard InChI is InChI=1S/C11H20/c1-4-10-5-7-11(8-6-10)9(2)3/h4,9,11H,5-8H2,1-3H3. The lowest BCUT2D eigenvalue weighted by Crippen LogP contribution is -2.13. The molecule has 11 heavy (non-hydrogen) atoms. The van der Waals surface area contributed by atoms with Crippen molar-refractivity contribution in [2.75, 3.05) is 0 Å². The average molecular weight is 152 g/mol. The van der Waals surface area contributed by atoms with Gasteiger partial charge in [0.1, 0.15) is 0 Å².